The van der Waals surface area contributed by atoms with Crippen LogP contribution in [0.25, 0.3) is 0 Å². The standard InChI is InChI=1S/C9H11NO4S.Na/c1-2-14-9(11)7-4-3-5-8(6-7)10-15(12)13;/h3-6,10H,2H2,1H3,(H,12,13);/p-1. The number of hydrogen-bond donors (Lipinski definition) is 1. The second kappa shape index (κ2) is 7.81. The maximum Gasteiger partial charge on any atom is 0.338 e. The Hall–Kier alpha value is -0.400. The third-order valence-corrected chi connectivity index (χ3v) is 1.98. The Balaban J connectivity index is 0.00000225. The van der Waals surface area contributed by atoms with Gasteiger partial charge in [-0.25, -0.2) is 4.79 Å². The van der Waals surface area contributed by atoms with Crippen molar-refractivity contribution >= 4 is 52.5 Å². The molecule has 1 aromatic carbocycles. The molecule has 0 aliphatic carbocycles. The number of carbonyl (C=O) groups excluding carboxylic acids is 1. The maximum atomic E-state index is 11.3. The Bertz CT molecular complexity index is 386. The van der Waals surface area contributed by atoms with Crippen LogP contribution in [0.15, 0.2) is 24.3 Å². The zero-order valence-corrected chi connectivity index (χ0v) is 11.9. The summed E-state index contributed by atoms with van der Waals surface area (Å²) in [5.41, 5.74) is 0.640. The summed E-state index contributed by atoms with van der Waals surface area (Å²) in [6, 6.07) is 6.07. The molecule has 5 nitrogen and oxygen atoms in total. The number of hydrogen-bond acceptors (Lipinski definition) is 4. The van der Waals surface area contributed by atoms with Crippen LogP contribution in [0, 0.1) is 0 Å². The van der Waals surface area contributed by atoms with Crippen molar-refractivity contribution in [2.75, 3.05) is 11.3 Å². The minimum Gasteiger partial charge on any atom is -0.755 e. The van der Waals surface area contributed by atoms with Crippen LogP contribution in [0.3, 0.4) is 0 Å². The predicted molar refractivity (Wildman–Crippen MR) is 60.7 cm³/mol. The van der Waals surface area contributed by atoms with Gasteiger partial charge in [-0.1, -0.05) is 6.07 Å². The Morgan fingerprint density at radius 1 is 1.56 bits per heavy atom. The fourth-order valence-corrected chi connectivity index (χ4v) is 1.34. The second-order valence-electron chi connectivity index (χ2n) is 2.64. The molecule has 1 rings (SSSR count). The van der Waals surface area contributed by atoms with Gasteiger partial charge in [0.1, 0.15) is 0 Å². The van der Waals surface area contributed by atoms with E-state index in [-0.39, 0.29) is 36.2 Å². The first-order chi connectivity index (χ1) is 7.13. The van der Waals surface area contributed by atoms with E-state index in [0.717, 1.165) is 0 Å². The summed E-state index contributed by atoms with van der Waals surface area (Å²) in [6.07, 6.45) is 0. The van der Waals surface area contributed by atoms with E-state index in [4.69, 9.17) is 4.74 Å². The second-order valence-corrected chi connectivity index (χ2v) is 3.31. The van der Waals surface area contributed by atoms with E-state index in [0.29, 0.717) is 11.3 Å². The van der Waals surface area contributed by atoms with Crippen molar-refractivity contribution in [1.82, 2.24) is 0 Å². The van der Waals surface area contributed by atoms with E-state index in [9.17, 15) is 13.6 Å². The van der Waals surface area contributed by atoms with Crippen molar-refractivity contribution in [3.63, 3.8) is 0 Å². The van der Waals surface area contributed by atoms with Gasteiger partial charge in [-0.15, -0.1) is 0 Å². The molecule has 16 heavy (non-hydrogen) atoms. The summed E-state index contributed by atoms with van der Waals surface area (Å²) in [5, 5.41) is 0. The first-order valence-electron chi connectivity index (χ1n) is 4.26. The number of ether oxygens (including phenoxy) is 1. The fraction of sp³-hybridized carbons (Fsp3) is 0.222. The monoisotopic (exact) mass is 251 g/mol. The SMILES string of the molecule is CCOC(=O)c1cccc(NS(=O)[O-])c1.[Na]. The van der Waals surface area contributed by atoms with Gasteiger partial charge in [0.15, 0.2) is 0 Å². The summed E-state index contributed by atoms with van der Waals surface area (Å²) in [6.45, 7) is 1.98. The quantitative estimate of drug-likeness (QED) is 0.485. The molecule has 1 aromatic rings. The van der Waals surface area contributed by atoms with Crippen molar-refractivity contribution in [3.8, 4) is 0 Å². The summed E-state index contributed by atoms with van der Waals surface area (Å²) in [5.74, 6) is -0.474. The van der Waals surface area contributed by atoms with Crippen LogP contribution in [0.5, 0.6) is 0 Å². The maximum absolute atomic E-state index is 11.3. The fourth-order valence-electron chi connectivity index (χ4n) is 1.02. The zero-order valence-electron chi connectivity index (χ0n) is 9.06. The molecule has 1 atom stereocenters. The van der Waals surface area contributed by atoms with Gasteiger partial charge in [0, 0.05) is 46.5 Å². The van der Waals surface area contributed by atoms with Gasteiger partial charge in [-0.05, 0) is 25.1 Å². The summed E-state index contributed by atoms with van der Waals surface area (Å²) >= 11 is -2.39. The topological polar surface area (TPSA) is 78.5 Å². The van der Waals surface area contributed by atoms with Crippen molar-refractivity contribution in [1.29, 1.82) is 0 Å². The zero-order chi connectivity index (χ0) is 11.3. The van der Waals surface area contributed by atoms with E-state index in [1.807, 2.05) is 0 Å². The molecule has 0 bridgehead atoms. The number of benzene rings is 1. The molecule has 0 aliphatic rings. The van der Waals surface area contributed by atoms with E-state index < -0.39 is 17.2 Å². The van der Waals surface area contributed by atoms with Gasteiger partial charge in [0.05, 0.1) is 12.2 Å². The average molecular weight is 251 g/mol. The normalized spacial score (nSPS) is 11.1. The molecule has 7 heteroatoms. The Labute approximate surface area is 118 Å². The van der Waals surface area contributed by atoms with E-state index in [2.05, 4.69) is 4.72 Å². The van der Waals surface area contributed by atoms with Crippen molar-refractivity contribution in [3.05, 3.63) is 29.8 Å². The van der Waals surface area contributed by atoms with E-state index in [1.54, 1.807) is 25.1 Å². The van der Waals surface area contributed by atoms with Gasteiger partial charge < -0.3 is 14.0 Å². The Kier molecular flexibility index (Phi) is 7.61. The molecule has 83 valence electrons. The molecule has 0 aliphatic heterocycles. The van der Waals surface area contributed by atoms with Gasteiger partial charge in [0.25, 0.3) is 0 Å². The summed E-state index contributed by atoms with van der Waals surface area (Å²) in [7, 11) is 0. The van der Waals surface area contributed by atoms with Gasteiger partial charge in [-0.2, -0.15) is 0 Å². The van der Waals surface area contributed by atoms with Crippen LogP contribution in [0.2, 0.25) is 0 Å². The molecule has 0 aromatic heterocycles. The van der Waals surface area contributed by atoms with E-state index in [1.165, 1.54) is 6.07 Å². The smallest absolute Gasteiger partial charge is 0.338 e. The van der Waals surface area contributed by atoms with E-state index >= 15 is 0 Å². The minimum absolute atomic E-state index is 0. The Morgan fingerprint density at radius 3 is 2.81 bits per heavy atom. The molecular weight excluding hydrogens is 241 g/mol. The largest absolute Gasteiger partial charge is 0.755 e. The van der Waals surface area contributed by atoms with Crippen LogP contribution < -0.4 is 4.72 Å². The first kappa shape index (κ1) is 15.6. The predicted octanol–water partition coefficient (Wildman–Crippen LogP) is 0.688. The third kappa shape index (κ3) is 5.09. The third-order valence-electron chi connectivity index (χ3n) is 1.57. The van der Waals surface area contributed by atoms with Gasteiger partial charge in [-0.3, -0.25) is 4.21 Å². The number of rotatable bonds is 4. The van der Waals surface area contributed by atoms with Gasteiger partial charge >= 0.3 is 5.97 Å². The van der Waals surface area contributed by atoms with Crippen LogP contribution >= 0.6 is 0 Å². The molecular formula is C9H10NNaO4S-. The van der Waals surface area contributed by atoms with Crippen molar-refractivity contribution < 1.29 is 18.3 Å². The number of nitrogens with one attached hydrogen (secondary N) is 1. The molecule has 0 saturated carbocycles. The molecule has 1 unspecified atom stereocenters. The van der Waals surface area contributed by atoms with Gasteiger partial charge in [0.2, 0.25) is 0 Å². The molecule has 1 N–H and O–H groups in total. The molecule has 0 spiro atoms. The Morgan fingerprint density at radius 2 is 2.25 bits per heavy atom. The van der Waals surface area contributed by atoms with Crippen molar-refractivity contribution in [2.45, 2.75) is 6.92 Å². The molecule has 0 saturated heterocycles. The van der Waals surface area contributed by atoms with Crippen LogP contribution in [-0.2, 0) is 16.0 Å². The number of carbonyl (C=O) groups is 1. The van der Waals surface area contributed by atoms with Crippen LogP contribution in [0.4, 0.5) is 5.69 Å². The molecule has 0 fully saturated rings. The average Bonchev–Trinajstić information content (AvgIpc) is 2.17. The van der Waals surface area contributed by atoms with Crippen molar-refractivity contribution in [2.24, 2.45) is 0 Å². The summed E-state index contributed by atoms with van der Waals surface area (Å²) in [4.78, 5) is 11.3. The first-order valence-corrected chi connectivity index (χ1v) is 5.34. The summed E-state index contributed by atoms with van der Waals surface area (Å²) < 4.78 is 27.6. The molecule has 1 radical (unpaired) electrons. The van der Waals surface area contributed by atoms with Crippen LogP contribution in [0.1, 0.15) is 17.3 Å². The molecule has 0 heterocycles. The van der Waals surface area contributed by atoms with Crippen LogP contribution in [-0.4, -0.2) is 50.9 Å². The minimum atomic E-state index is -2.39. The number of esters is 1. The number of anilines is 1. The molecule has 0 amide bonds.